The van der Waals surface area contributed by atoms with Gasteiger partial charge in [0, 0.05) is 48.5 Å². The highest BCUT2D eigenvalue weighted by Crippen LogP contribution is 2.34. The summed E-state index contributed by atoms with van der Waals surface area (Å²) in [5.74, 6) is 1.16. The molecule has 1 aromatic heterocycles. The zero-order chi connectivity index (χ0) is 30.0. The van der Waals surface area contributed by atoms with Crippen LogP contribution >= 0.6 is 0 Å². The highest BCUT2D eigenvalue weighted by atomic mass is 15.5. The van der Waals surface area contributed by atoms with Crippen molar-refractivity contribution in [2.45, 2.75) is 58.5 Å². The van der Waals surface area contributed by atoms with Crippen molar-refractivity contribution >= 4 is 30.8 Å². The van der Waals surface area contributed by atoms with Gasteiger partial charge >= 0.3 is 0 Å². The molecule has 0 spiro atoms. The number of nitrogens with two attached hydrogens (primary N) is 1. The van der Waals surface area contributed by atoms with E-state index in [4.69, 9.17) is 10.8 Å². The van der Waals surface area contributed by atoms with Gasteiger partial charge < -0.3 is 20.9 Å². The van der Waals surface area contributed by atoms with E-state index in [9.17, 15) is 0 Å². The summed E-state index contributed by atoms with van der Waals surface area (Å²) in [4.78, 5) is 21.9. The third kappa shape index (κ3) is 5.34. The quantitative estimate of drug-likeness (QED) is 0.358. The Balaban J connectivity index is 1.38. The molecule has 0 bridgehead atoms. The molecule has 10 nitrogen and oxygen atoms in total. The maximum Gasteiger partial charge on any atom is 0.179 e. The second-order valence-electron chi connectivity index (χ2n) is 11.0. The van der Waals surface area contributed by atoms with E-state index in [1.807, 2.05) is 18.0 Å². The molecule has 5 rings (SSSR count). The van der Waals surface area contributed by atoms with Crippen LogP contribution in [0.15, 0.2) is 69.9 Å². The third-order valence-corrected chi connectivity index (χ3v) is 8.66. The van der Waals surface area contributed by atoms with E-state index in [2.05, 4.69) is 87.6 Å². The van der Waals surface area contributed by atoms with Gasteiger partial charge in [-0.25, -0.2) is 25.0 Å². The van der Waals surface area contributed by atoms with Crippen molar-refractivity contribution < 1.29 is 0 Å². The number of piperazine rings is 1. The van der Waals surface area contributed by atoms with Gasteiger partial charge in [-0.1, -0.05) is 39.1 Å². The van der Waals surface area contributed by atoms with Gasteiger partial charge in [-0.3, -0.25) is 0 Å². The van der Waals surface area contributed by atoms with Crippen molar-refractivity contribution in [3.8, 4) is 0 Å². The summed E-state index contributed by atoms with van der Waals surface area (Å²) in [5.41, 5.74) is 15.4. The number of nitrogens with zero attached hydrogens (tertiary/aromatic N) is 8. The lowest BCUT2D eigenvalue weighted by Gasteiger charge is -2.47. The minimum absolute atomic E-state index is 0.105. The van der Waals surface area contributed by atoms with E-state index in [0.29, 0.717) is 18.3 Å². The van der Waals surface area contributed by atoms with Crippen molar-refractivity contribution in [2.75, 3.05) is 26.3 Å². The Kier molecular flexibility index (Phi) is 8.54. The van der Waals surface area contributed by atoms with E-state index >= 15 is 0 Å². The Morgan fingerprint density at radius 3 is 2.71 bits per heavy atom. The Hall–Kier alpha value is -4.31. The van der Waals surface area contributed by atoms with Gasteiger partial charge in [0.1, 0.15) is 13.0 Å². The van der Waals surface area contributed by atoms with Crippen LogP contribution in [0.25, 0.3) is 5.70 Å². The van der Waals surface area contributed by atoms with Gasteiger partial charge in [-0.05, 0) is 63.2 Å². The predicted octanol–water partition coefficient (Wildman–Crippen LogP) is 4.49. The number of aliphatic imine (C=N–C) groups is 2. The maximum atomic E-state index is 6.26. The lowest BCUT2D eigenvalue weighted by atomic mass is 10.0. The largest absolute Gasteiger partial charge is 0.368 e. The number of allylic oxidation sites excluding steroid dienone is 1. The lowest BCUT2D eigenvalue weighted by Crippen LogP contribution is -2.54. The van der Waals surface area contributed by atoms with E-state index in [0.717, 1.165) is 79.2 Å². The van der Waals surface area contributed by atoms with Crippen LogP contribution in [0.3, 0.4) is 0 Å². The van der Waals surface area contributed by atoms with Crippen LogP contribution in [-0.2, 0) is 6.42 Å². The van der Waals surface area contributed by atoms with Gasteiger partial charge in [0.25, 0.3) is 0 Å². The molecule has 2 atom stereocenters. The van der Waals surface area contributed by atoms with Crippen molar-refractivity contribution in [3.63, 3.8) is 0 Å². The average molecular weight is 567 g/mol. The number of benzene rings is 1. The topological polar surface area (TPSA) is 111 Å². The SMILES string of the molecule is C=N/C(=N\N1CNC(CC)=C(N2CCN(C(=C)c3ncnc(N=C)c3C)CC2CC)C1=C)c1ccc2c(c1)CCC2N. The third-order valence-electron chi connectivity index (χ3n) is 8.66. The Bertz CT molecular complexity index is 1470. The first-order valence-electron chi connectivity index (χ1n) is 14.7. The standard InChI is InChI=1S/C32H42N10/c1-8-25-17-40(21(4)29-20(3)31(34-6)37-18-36-29)14-15-41(25)30-22(5)42(19-38-28(30)9-2)39-32(35-7)24-10-12-26-23(16-24)11-13-27(26)33/h10,12,16,18,25,27,38H,4-9,11,13-15,17,19,33H2,1-3H3/b39-32-. The van der Waals surface area contributed by atoms with Crippen LogP contribution in [0.4, 0.5) is 5.82 Å². The molecule has 2 aromatic rings. The number of hydrazone groups is 1. The van der Waals surface area contributed by atoms with Crippen molar-refractivity contribution in [1.82, 2.24) is 30.1 Å². The number of fused-ring (bicyclic) bond motifs is 1. The monoisotopic (exact) mass is 566 g/mol. The van der Waals surface area contributed by atoms with Crippen molar-refractivity contribution in [3.05, 3.63) is 82.7 Å². The van der Waals surface area contributed by atoms with Crippen LogP contribution in [0, 0.1) is 6.92 Å². The van der Waals surface area contributed by atoms with Gasteiger partial charge in [0.15, 0.2) is 11.7 Å². The molecule has 0 radical (unpaired) electrons. The summed E-state index contributed by atoms with van der Waals surface area (Å²) in [5, 5.41) is 10.4. The molecule has 3 aliphatic rings. The normalized spacial score (nSPS) is 20.9. The maximum absolute atomic E-state index is 6.26. The Labute approximate surface area is 249 Å². The first-order valence-corrected chi connectivity index (χ1v) is 14.7. The number of aromatic nitrogens is 2. The molecule has 0 amide bonds. The Morgan fingerprint density at radius 1 is 1.19 bits per heavy atom. The van der Waals surface area contributed by atoms with E-state index in [-0.39, 0.29) is 12.1 Å². The lowest BCUT2D eigenvalue weighted by molar-refractivity contribution is 0.128. The summed E-state index contributed by atoms with van der Waals surface area (Å²) in [7, 11) is 0. The first-order chi connectivity index (χ1) is 20.3. The van der Waals surface area contributed by atoms with Gasteiger partial charge in [0.05, 0.1) is 22.8 Å². The first kappa shape index (κ1) is 29.2. The number of aryl methyl sites for hydroxylation is 1. The number of rotatable bonds is 8. The summed E-state index contributed by atoms with van der Waals surface area (Å²) < 4.78 is 0. The second kappa shape index (κ2) is 12.3. The summed E-state index contributed by atoms with van der Waals surface area (Å²) in [6.45, 7) is 25.7. The molecule has 2 unspecified atom stereocenters. The molecule has 1 aliphatic carbocycles. The molecular formula is C32H42N10. The molecule has 2 aliphatic heterocycles. The number of nitrogens with one attached hydrogen (secondary N) is 1. The molecule has 1 fully saturated rings. The zero-order valence-electron chi connectivity index (χ0n) is 25.1. The van der Waals surface area contributed by atoms with Crippen LogP contribution in [0.1, 0.15) is 67.1 Å². The van der Waals surface area contributed by atoms with Gasteiger partial charge in [-0.2, -0.15) is 5.10 Å². The van der Waals surface area contributed by atoms with Crippen LogP contribution in [-0.4, -0.2) is 76.4 Å². The number of hydrogen-bond donors (Lipinski definition) is 2. The van der Waals surface area contributed by atoms with Crippen molar-refractivity contribution in [2.24, 2.45) is 20.8 Å². The van der Waals surface area contributed by atoms with E-state index in [1.54, 1.807) is 0 Å². The zero-order valence-corrected chi connectivity index (χ0v) is 25.1. The second-order valence-corrected chi connectivity index (χ2v) is 11.0. The fourth-order valence-electron chi connectivity index (χ4n) is 6.24. The summed E-state index contributed by atoms with van der Waals surface area (Å²) in [6, 6.07) is 6.64. The molecular weight excluding hydrogens is 524 g/mol. The number of hydrogen-bond acceptors (Lipinski definition) is 9. The summed E-state index contributed by atoms with van der Waals surface area (Å²) in [6.07, 6.45) is 5.29. The molecule has 1 saturated heterocycles. The minimum atomic E-state index is 0.105. The molecule has 0 saturated carbocycles. The van der Waals surface area contributed by atoms with Gasteiger partial charge in [0.2, 0.25) is 0 Å². The average Bonchev–Trinajstić information content (AvgIpc) is 3.39. The number of amidine groups is 1. The molecule has 10 heteroatoms. The van der Waals surface area contributed by atoms with Crippen LogP contribution < -0.4 is 11.1 Å². The van der Waals surface area contributed by atoms with E-state index in [1.165, 1.54) is 23.2 Å². The predicted molar refractivity (Wildman–Crippen MR) is 171 cm³/mol. The molecule has 220 valence electrons. The molecule has 3 N–H and O–H groups in total. The molecule has 3 heterocycles. The van der Waals surface area contributed by atoms with Gasteiger partial charge in [-0.15, -0.1) is 0 Å². The highest BCUT2D eigenvalue weighted by Gasteiger charge is 2.34. The molecule has 1 aromatic carbocycles. The van der Waals surface area contributed by atoms with Crippen molar-refractivity contribution in [1.29, 1.82) is 0 Å². The fourth-order valence-corrected chi connectivity index (χ4v) is 6.24. The smallest absolute Gasteiger partial charge is 0.179 e. The van der Waals surface area contributed by atoms with Crippen LogP contribution in [0.5, 0.6) is 0 Å². The fraction of sp³-hybridized carbons (Fsp3) is 0.406. The Morgan fingerprint density at radius 2 is 2.00 bits per heavy atom. The highest BCUT2D eigenvalue weighted by molar-refractivity contribution is 6.01. The minimum Gasteiger partial charge on any atom is -0.368 e. The molecule has 42 heavy (non-hydrogen) atoms. The van der Waals surface area contributed by atoms with E-state index < -0.39 is 0 Å². The van der Waals surface area contributed by atoms with Crippen LogP contribution in [0.2, 0.25) is 0 Å². The summed E-state index contributed by atoms with van der Waals surface area (Å²) >= 11 is 0.